The van der Waals surface area contributed by atoms with Crippen molar-refractivity contribution in [2.24, 2.45) is 5.92 Å². The van der Waals surface area contributed by atoms with Crippen LogP contribution in [0, 0.1) is 17.2 Å². The van der Waals surface area contributed by atoms with E-state index in [-0.39, 0.29) is 12.0 Å². The van der Waals surface area contributed by atoms with Gasteiger partial charge in [0.1, 0.15) is 6.04 Å². The molecule has 106 valence electrons. The summed E-state index contributed by atoms with van der Waals surface area (Å²) in [6.07, 6.45) is 6.02. The maximum Gasteiger partial charge on any atom is 0.323 e. The molecule has 1 aromatic heterocycles. The van der Waals surface area contributed by atoms with E-state index in [0.717, 1.165) is 18.4 Å². The van der Waals surface area contributed by atoms with Gasteiger partial charge in [0.05, 0.1) is 13.2 Å². The first-order chi connectivity index (χ1) is 9.76. The lowest BCUT2D eigenvalue weighted by Gasteiger charge is -2.29. The van der Waals surface area contributed by atoms with Gasteiger partial charge in [-0.15, -0.1) is 0 Å². The molecule has 0 amide bonds. The van der Waals surface area contributed by atoms with Crippen LogP contribution in [-0.4, -0.2) is 35.5 Å². The fourth-order valence-corrected chi connectivity index (χ4v) is 2.41. The van der Waals surface area contributed by atoms with E-state index in [4.69, 9.17) is 10.00 Å². The molecule has 5 heteroatoms. The first-order valence-electron chi connectivity index (χ1n) is 6.84. The second-order valence-electron chi connectivity index (χ2n) is 5.05. The molecule has 1 unspecified atom stereocenters. The van der Waals surface area contributed by atoms with Crippen LogP contribution in [0.3, 0.4) is 0 Å². The van der Waals surface area contributed by atoms with Crippen LogP contribution in [0.5, 0.6) is 0 Å². The minimum atomic E-state index is -0.242. The van der Waals surface area contributed by atoms with Crippen molar-refractivity contribution in [2.45, 2.75) is 31.8 Å². The Morgan fingerprint density at radius 2 is 2.45 bits per heavy atom. The minimum Gasteiger partial charge on any atom is -0.468 e. The van der Waals surface area contributed by atoms with Crippen molar-refractivity contribution in [2.75, 3.05) is 13.7 Å². The number of esters is 1. The lowest BCUT2D eigenvalue weighted by atomic mass is 10.1. The Labute approximate surface area is 119 Å². The van der Waals surface area contributed by atoms with Gasteiger partial charge < -0.3 is 4.74 Å². The zero-order valence-electron chi connectivity index (χ0n) is 11.7. The Morgan fingerprint density at radius 1 is 1.65 bits per heavy atom. The van der Waals surface area contributed by atoms with Crippen molar-refractivity contribution in [3.63, 3.8) is 0 Å². The second kappa shape index (κ2) is 7.01. The Morgan fingerprint density at radius 3 is 3.00 bits per heavy atom. The summed E-state index contributed by atoms with van der Waals surface area (Å²) in [5, 5.41) is 8.81. The number of carbonyl (C=O) groups excluding carboxylic acids is 1. The molecule has 1 fully saturated rings. The van der Waals surface area contributed by atoms with Gasteiger partial charge in [0, 0.05) is 31.9 Å². The topological polar surface area (TPSA) is 66.2 Å². The monoisotopic (exact) mass is 273 g/mol. The Balaban J connectivity index is 2.12. The first kappa shape index (κ1) is 14.5. The van der Waals surface area contributed by atoms with Gasteiger partial charge in [-0.25, -0.2) is 0 Å². The molecule has 0 radical (unpaired) electrons. The fraction of sp³-hybridized carbons (Fsp3) is 0.533. The van der Waals surface area contributed by atoms with Gasteiger partial charge in [0.15, 0.2) is 0 Å². The highest BCUT2D eigenvalue weighted by Crippen LogP contribution is 2.36. The molecule has 1 saturated carbocycles. The standard InChI is InChI=1S/C15H19N3O2/c1-20-15(19)14(13-5-6-13)18(9-3-7-16)11-12-4-2-8-17-10-12/h2,4,8,10,13-14H,3,5-6,9,11H2,1H3. The van der Waals surface area contributed by atoms with Crippen LogP contribution in [0.15, 0.2) is 24.5 Å². The number of nitrogens with zero attached hydrogens (tertiary/aromatic N) is 3. The Kier molecular flexibility index (Phi) is 5.08. The smallest absolute Gasteiger partial charge is 0.323 e. The highest BCUT2D eigenvalue weighted by Gasteiger charge is 2.40. The average Bonchev–Trinajstić information content (AvgIpc) is 3.30. The normalized spacial score (nSPS) is 15.7. The molecule has 1 atom stereocenters. The number of hydrogen-bond acceptors (Lipinski definition) is 5. The highest BCUT2D eigenvalue weighted by molar-refractivity contribution is 5.76. The summed E-state index contributed by atoms with van der Waals surface area (Å²) in [4.78, 5) is 18.2. The molecule has 0 aromatic carbocycles. The average molecular weight is 273 g/mol. The van der Waals surface area contributed by atoms with E-state index in [9.17, 15) is 4.79 Å². The van der Waals surface area contributed by atoms with Gasteiger partial charge in [0.2, 0.25) is 0 Å². The predicted octanol–water partition coefficient (Wildman–Crippen LogP) is 1.75. The lowest BCUT2D eigenvalue weighted by Crippen LogP contribution is -2.43. The van der Waals surface area contributed by atoms with Crippen molar-refractivity contribution in [1.82, 2.24) is 9.88 Å². The van der Waals surface area contributed by atoms with Crippen LogP contribution in [0.25, 0.3) is 0 Å². The van der Waals surface area contributed by atoms with Gasteiger partial charge in [-0.1, -0.05) is 6.07 Å². The maximum atomic E-state index is 12.0. The van der Waals surface area contributed by atoms with Crippen molar-refractivity contribution in [3.8, 4) is 6.07 Å². The van der Waals surface area contributed by atoms with E-state index in [0.29, 0.717) is 25.4 Å². The van der Waals surface area contributed by atoms with E-state index >= 15 is 0 Å². The SMILES string of the molecule is COC(=O)C(C1CC1)N(CCC#N)Cc1cccnc1. The molecule has 1 aliphatic rings. The van der Waals surface area contributed by atoms with E-state index in [1.165, 1.54) is 7.11 Å². The molecule has 0 saturated heterocycles. The molecule has 0 aliphatic heterocycles. The van der Waals surface area contributed by atoms with Gasteiger partial charge >= 0.3 is 5.97 Å². The quantitative estimate of drug-likeness (QED) is 0.708. The number of rotatable bonds is 7. The third kappa shape index (κ3) is 3.78. The number of pyridine rings is 1. The van der Waals surface area contributed by atoms with Crippen molar-refractivity contribution in [3.05, 3.63) is 30.1 Å². The zero-order valence-corrected chi connectivity index (χ0v) is 11.7. The van der Waals surface area contributed by atoms with Crippen molar-refractivity contribution >= 4 is 5.97 Å². The molecule has 0 N–H and O–H groups in total. The number of carbonyl (C=O) groups is 1. The summed E-state index contributed by atoms with van der Waals surface area (Å²) in [5.74, 6) is 0.159. The molecule has 2 rings (SSSR count). The summed E-state index contributed by atoms with van der Waals surface area (Å²) >= 11 is 0. The molecule has 0 bridgehead atoms. The second-order valence-corrected chi connectivity index (χ2v) is 5.05. The van der Waals surface area contributed by atoms with Crippen LogP contribution in [0.4, 0.5) is 0 Å². The summed E-state index contributed by atoms with van der Waals surface area (Å²) in [6.45, 7) is 1.19. The van der Waals surface area contributed by atoms with Gasteiger partial charge in [-0.3, -0.25) is 14.7 Å². The molecule has 1 aliphatic carbocycles. The Hall–Kier alpha value is -1.93. The summed E-state index contributed by atoms with van der Waals surface area (Å²) in [7, 11) is 1.42. The molecule has 0 spiro atoms. The number of ether oxygens (including phenoxy) is 1. The number of methoxy groups -OCH3 is 1. The molecular formula is C15H19N3O2. The van der Waals surface area contributed by atoms with Crippen molar-refractivity contribution in [1.29, 1.82) is 5.26 Å². The van der Waals surface area contributed by atoms with Crippen LogP contribution < -0.4 is 0 Å². The van der Waals surface area contributed by atoms with Crippen LogP contribution in [-0.2, 0) is 16.1 Å². The predicted molar refractivity (Wildman–Crippen MR) is 73.4 cm³/mol. The lowest BCUT2D eigenvalue weighted by molar-refractivity contribution is -0.148. The summed E-state index contributed by atoms with van der Waals surface area (Å²) in [5.41, 5.74) is 1.04. The van der Waals surface area contributed by atoms with Crippen molar-refractivity contribution < 1.29 is 9.53 Å². The summed E-state index contributed by atoms with van der Waals surface area (Å²) < 4.78 is 4.93. The van der Waals surface area contributed by atoms with E-state index in [1.54, 1.807) is 12.4 Å². The molecule has 5 nitrogen and oxygen atoms in total. The van der Waals surface area contributed by atoms with E-state index < -0.39 is 0 Å². The van der Waals surface area contributed by atoms with Crippen LogP contribution >= 0.6 is 0 Å². The largest absolute Gasteiger partial charge is 0.468 e. The van der Waals surface area contributed by atoms with Gasteiger partial charge in [-0.2, -0.15) is 5.26 Å². The summed E-state index contributed by atoms with van der Waals surface area (Å²) in [6, 6.07) is 5.76. The first-order valence-corrected chi connectivity index (χ1v) is 6.84. The molecule has 1 aromatic rings. The number of hydrogen-bond donors (Lipinski definition) is 0. The third-order valence-electron chi connectivity index (χ3n) is 3.52. The van der Waals surface area contributed by atoms with Crippen LogP contribution in [0.1, 0.15) is 24.8 Å². The van der Waals surface area contributed by atoms with Crippen LogP contribution in [0.2, 0.25) is 0 Å². The number of aromatic nitrogens is 1. The molecule has 1 heterocycles. The maximum absolute atomic E-state index is 12.0. The van der Waals surface area contributed by atoms with Gasteiger partial charge in [0.25, 0.3) is 0 Å². The molecular weight excluding hydrogens is 254 g/mol. The third-order valence-corrected chi connectivity index (χ3v) is 3.52. The van der Waals surface area contributed by atoms with Gasteiger partial charge in [-0.05, 0) is 30.4 Å². The minimum absolute atomic E-state index is 0.200. The Bertz CT molecular complexity index is 480. The fourth-order valence-electron chi connectivity index (χ4n) is 2.41. The molecule has 20 heavy (non-hydrogen) atoms. The zero-order chi connectivity index (χ0) is 14.4. The van der Waals surface area contributed by atoms with E-state index in [2.05, 4.69) is 11.1 Å². The number of nitriles is 1. The highest BCUT2D eigenvalue weighted by atomic mass is 16.5. The van der Waals surface area contributed by atoms with E-state index in [1.807, 2.05) is 17.0 Å².